The summed E-state index contributed by atoms with van der Waals surface area (Å²) in [7, 11) is -2.21. The van der Waals surface area contributed by atoms with Crippen molar-refractivity contribution in [1.82, 2.24) is 10.2 Å². The van der Waals surface area contributed by atoms with Gasteiger partial charge in [-0.3, -0.25) is 13.9 Å². The van der Waals surface area contributed by atoms with Crippen molar-refractivity contribution in [2.24, 2.45) is 0 Å². The minimum atomic E-state index is -3.78. The van der Waals surface area contributed by atoms with Gasteiger partial charge in [-0.15, -0.1) is 0 Å². The summed E-state index contributed by atoms with van der Waals surface area (Å²) in [5, 5.41) is 2.96. The Hall–Kier alpha value is -3.07. The van der Waals surface area contributed by atoms with Crippen molar-refractivity contribution in [1.29, 1.82) is 0 Å². The van der Waals surface area contributed by atoms with E-state index >= 15 is 0 Å². The smallest absolute Gasteiger partial charge is 0.244 e. The Kier molecular flexibility index (Phi) is 9.54. The lowest BCUT2D eigenvalue weighted by molar-refractivity contribution is -0.141. The quantitative estimate of drug-likeness (QED) is 0.517. The molecule has 0 spiro atoms. The highest BCUT2D eigenvalue weighted by Gasteiger charge is 2.33. The maximum atomic E-state index is 13.8. The SMILES string of the molecule is CCC(C(=O)NC(C)(C)C)N(Cc1ccc(OC)cc1)C(=O)CN(c1cc(C)ccc1C)S(C)(=O)=O. The zero-order valence-electron chi connectivity index (χ0n) is 22.6. The Morgan fingerprint density at radius 2 is 1.67 bits per heavy atom. The fourth-order valence-corrected chi connectivity index (χ4v) is 4.78. The molecule has 0 aliphatic rings. The van der Waals surface area contributed by atoms with Gasteiger partial charge in [-0.1, -0.05) is 31.2 Å². The second-order valence-corrected chi connectivity index (χ2v) is 12.0. The van der Waals surface area contributed by atoms with Crippen LogP contribution in [0.5, 0.6) is 5.75 Å². The van der Waals surface area contributed by atoms with Crippen LogP contribution < -0.4 is 14.4 Å². The maximum Gasteiger partial charge on any atom is 0.244 e. The molecule has 0 fully saturated rings. The van der Waals surface area contributed by atoms with E-state index in [1.807, 2.05) is 58.9 Å². The number of benzene rings is 2. The van der Waals surface area contributed by atoms with Crippen LogP contribution in [-0.4, -0.2) is 56.6 Å². The molecule has 0 saturated carbocycles. The van der Waals surface area contributed by atoms with E-state index in [1.54, 1.807) is 32.2 Å². The van der Waals surface area contributed by atoms with Gasteiger partial charge >= 0.3 is 0 Å². The Bertz CT molecular complexity index is 1170. The van der Waals surface area contributed by atoms with Gasteiger partial charge in [0.1, 0.15) is 18.3 Å². The summed E-state index contributed by atoms with van der Waals surface area (Å²) in [5.74, 6) is -0.0788. The predicted molar refractivity (Wildman–Crippen MR) is 144 cm³/mol. The summed E-state index contributed by atoms with van der Waals surface area (Å²) in [6.07, 6.45) is 1.45. The predicted octanol–water partition coefficient (Wildman–Crippen LogP) is 3.80. The second kappa shape index (κ2) is 11.8. The Balaban J connectivity index is 2.50. The molecule has 0 heterocycles. The number of nitrogens with zero attached hydrogens (tertiary/aromatic N) is 2. The number of amides is 2. The van der Waals surface area contributed by atoms with Gasteiger partial charge in [-0.2, -0.15) is 0 Å². The van der Waals surface area contributed by atoms with E-state index in [-0.39, 0.29) is 12.5 Å². The number of ether oxygens (including phenoxy) is 1. The number of rotatable bonds is 10. The number of methoxy groups -OCH3 is 1. The maximum absolute atomic E-state index is 13.8. The summed E-state index contributed by atoms with van der Waals surface area (Å²) in [6, 6.07) is 11.9. The highest BCUT2D eigenvalue weighted by Crippen LogP contribution is 2.25. The van der Waals surface area contributed by atoms with Crippen LogP contribution in [0.25, 0.3) is 0 Å². The molecule has 2 amide bonds. The van der Waals surface area contributed by atoms with Gasteiger partial charge in [0.05, 0.1) is 19.1 Å². The van der Waals surface area contributed by atoms with Crippen molar-refractivity contribution in [3.8, 4) is 5.75 Å². The van der Waals surface area contributed by atoms with Crippen molar-refractivity contribution >= 4 is 27.5 Å². The first kappa shape index (κ1) is 29.2. The first-order valence-corrected chi connectivity index (χ1v) is 13.8. The zero-order chi connectivity index (χ0) is 27.3. The summed E-state index contributed by atoms with van der Waals surface area (Å²) < 4.78 is 32.0. The van der Waals surface area contributed by atoms with Gasteiger partial charge in [-0.25, -0.2) is 8.42 Å². The average Bonchev–Trinajstić information content (AvgIpc) is 2.77. The van der Waals surface area contributed by atoms with E-state index in [9.17, 15) is 18.0 Å². The van der Waals surface area contributed by atoms with Crippen LogP contribution in [0.15, 0.2) is 42.5 Å². The molecule has 1 unspecified atom stereocenters. The lowest BCUT2D eigenvalue weighted by Crippen LogP contribution is -2.55. The molecular formula is C27H39N3O5S. The highest BCUT2D eigenvalue weighted by atomic mass is 32.2. The third-order valence-corrected chi connectivity index (χ3v) is 6.84. The number of nitrogens with one attached hydrogen (secondary N) is 1. The van der Waals surface area contributed by atoms with Crippen LogP contribution in [-0.2, 0) is 26.2 Å². The van der Waals surface area contributed by atoms with E-state index in [0.717, 1.165) is 27.3 Å². The first-order chi connectivity index (χ1) is 16.7. The molecule has 0 aliphatic heterocycles. The second-order valence-electron chi connectivity index (χ2n) is 10.1. The Morgan fingerprint density at radius 1 is 1.06 bits per heavy atom. The lowest BCUT2D eigenvalue weighted by Gasteiger charge is -2.34. The largest absolute Gasteiger partial charge is 0.497 e. The van der Waals surface area contributed by atoms with Gasteiger partial charge in [0.25, 0.3) is 0 Å². The molecule has 198 valence electrons. The van der Waals surface area contributed by atoms with E-state index in [1.165, 1.54) is 4.90 Å². The summed E-state index contributed by atoms with van der Waals surface area (Å²) >= 11 is 0. The third kappa shape index (κ3) is 7.98. The molecule has 0 radical (unpaired) electrons. The van der Waals surface area contributed by atoms with Crippen LogP contribution in [0.3, 0.4) is 0 Å². The van der Waals surface area contributed by atoms with Crippen molar-refractivity contribution in [2.45, 2.75) is 66.1 Å². The molecule has 2 aromatic rings. The van der Waals surface area contributed by atoms with Crippen molar-refractivity contribution in [2.75, 3.05) is 24.2 Å². The number of carbonyl (C=O) groups excluding carboxylic acids is 2. The van der Waals surface area contributed by atoms with E-state index in [4.69, 9.17) is 4.74 Å². The Labute approximate surface area is 215 Å². The van der Waals surface area contributed by atoms with Gasteiger partial charge in [0, 0.05) is 12.1 Å². The van der Waals surface area contributed by atoms with Crippen LogP contribution >= 0.6 is 0 Å². The monoisotopic (exact) mass is 517 g/mol. The summed E-state index contributed by atoms with van der Waals surface area (Å²) in [6.45, 7) is 10.9. The van der Waals surface area contributed by atoms with Crippen molar-refractivity contribution in [3.05, 3.63) is 59.2 Å². The van der Waals surface area contributed by atoms with Crippen molar-refractivity contribution in [3.63, 3.8) is 0 Å². The van der Waals surface area contributed by atoms with Gasteiger partial charge in [-0.05, 0) is 75.9 Å². The highest BCUT2D eigenvalue weighted by molar-refractivity contribution is 7.92. The first-order valence-electron chi connectivity index (χ1n) is 12.0. The number of hydrogen-bond acceptors (Lipinski definition) is 5. The molecule has 36 heavy (non-hydrogen) atoms. The van der Waals surface area contributed by atoms with Gasteiger partial charge in [0.2, 0.25) is 21.8 Å². The fourth-order valence-electron chi connectivity index (χ4n) is 3.88. The number of hydrogen-bond donors (Lipinski definition) is 1. The third-order valence-electron chi connectivity index (χ3n) is 5.71. The molecule has 0 saturated heterocycles. The molecule has 1 N–H and O–H groups in total. The Morgan fingerprint density at radius 3 is 2.17 bits per heavy atom. The molecule has 2 rings (SSSR count). The van der Waals surface area contributed by atoms with E-state index in [2.05, 4.69) is 5.32 Å². The number of carbonyl (C=O) groups is 2. The van der Waals surface area contributed by atoms with Crippen LogP contribution in [0.4, 0.5) is 5.69 Å². The zero-order valence-corrected chi connectivity index (χ0v) is 23.4. The molecule has 9 heteroatoms. The molecule has 2 aromatic carbocycles. The number of aryl methyl sites for hydroxylation is 2. The number of sulfonamides is 1. The molecule has 1 atom stereocenters. The molecule has 0 bridgehead atoms. The molecular weight excluding hydrogens is 478 g/mol. The topological polar surface area (TPSA) is 96.0 Å². The normalized spacial score (nSPS) is 12.6. The minimum Gasteiger partial charge on any atom is -0.497 e. The summed E-state index contributed by atoms with van der Waals surface area (Å²) in [5.41, 5.74) is 2.36. The average molecular weight is 518 g/mol. The van der Waals surface area contributed by atoms with Crippen LogP contribution in [0, 0.1) is 13.8 Å². The number of anilines is 1. The van der Waals surface area contributed by atoms with Gasteiger partial charge in [0.15, 0.2) is 0 Å². The van der Waals surface area contributed by atoms with Gasteiger partial charge < -0.3 is 15.0 Å². The minimum absolute atomic E-state index is 0.142. The molecule has 0 aliphatic carbocycles. The fraction of sp³-hybridized carbons (Fsp3) is 0.481. The molecule has 8 nitrogen and oxygen atoms in total. The molecule has 0 aromatic heterocycles. The van der Waals surface area contributed by atoms with Crippen LogP contribution in [0.2, 0.25) is 0 Å². The summed E-state index contributed by atoms with van der Waals surface area (Å²) in [4.78, 5) is 28.5. The van der Waals surface area contributed by atoms with E-state index in [0.29, 0.717) is 17.9 Å². The van der Waals surface area contributed by atoms with Crippen LogP contribution in [0.1, 0.15) is 50.8 Å². The van der Waals surface area contributed by atoms with E-state index < -0.39 is 34.1 Å². The standard InChI is InChI=1S/C27H39N3O5S/c1-9-23(26(32)28-27(4,5)6)29(17-21-12-14-22(35-7)15-13-21)25(31)18-30(36(8,33)34)24-16-19(2)10-11-20(24)3/h10-16,23H,9,17-18H2,1-8H3,(H,28,32). The van der Waals surface area contributed by atoms with Crippen molar-refractivity contribution < 1.29 is 22.7 Å². The lowest BCUT2D eigenvalue weighted by atomic mass is 10.1.